The molecule has 6 nitrogen and oxygen atoms in total. The maximum atomic E-state index is 10.6. The van der Waals surface area contributed by atoms with Crippen molar-refractivity contribution in [3.05, 3.63) is 59.2 Å². The van der Waals surface area contributed by atoms with E-state index >= 15 is 0 Å². The molecule has 0 aliphatic heterocycles. The smallest absolute Gasteiger partial charge is 0.264 e. The molecule has 0 aliphatic rings. The Balaban J connectivity index is 0.000000235. The van der Waals surface area contributed by atoms with Crippen molar-refractivity contribution < 1.29 is 17.7 Å². The lowest BCUT2D eigenvalue weighted by Gasteiger charge is -2.00. The van der Waals surface area contributed by atoms with Crippen LogP contribution < -0.4 is 0 Å². The van der Waals surface area contributed by atoms with Gasteiger partial charge in [0.25, 0.3) is 10.1 Å². The highest BCUT2D eigenvalue weighted by molar-refractivity contribution is 7.85. The Morgan fingerprint density at radius 2 is 1.50 bits per heavy atom. The lowest BCUT2D eigenvalue weighted by atomic mass is 10.3. The van der Waals surface area contributed by atoms with E-state index in [1.165, 1.54) is 0 Å². The third kappa shape index (κ3) is 7.82. The van der Waals surface area contributed by atoms with E-state index in [2.05, 4.69) is 14.2 Å². The number of aliphatic hydroxyl groups excluding tert-OH is 1. The Morgan fingerprint density at radius 3 is 1.86 bits per heavy atom. The van der Waals surface area contributed by atoms with E-state index in [0.29, 0.717) is 5.69 Å². The molecule has 0 aromatic carbocycles. The maximum Gasteiger partial charge on any atom is 0.264 e. The monoisotopic (exact) mass is 324 g/mol. The van der Waals surface area contributed by atoms with Crippen molar-refractivity contribution in [2.24, 2.45) is 0 Å². The van der Waals surface area contributed by atoms with Crippen molar-refractivity contribution in [1.82, 2.24) is 9.97 Å². The van der Waals surface area contributed by atoms with Gasteiger partial charge in [-0.25, -0.2) is 0 Å². The normalized spacial score (nSPS) is 10.7. The molecular weight excluding hydrogens is 304 g/mol. The van der Waals surface area contributed by atoms with Crippen LogP contribution >= 0.6 is 0 Å². The van der Waals surface area contributed by atoms with Gasteiger partial charge in [-0.3, -0.25) is 14.2 Å². The highest BCUT2D eigenvalue weighted by Crippen LogP contribution is 2.01. The Labute approximate surface area is 131 Å². The van der Waals surface area contributed by atoms with Crippen LogP contribution in [0.15, 0.2) is 36.7 Å². The van der Waals surface area contributed by atoms with Crippen LogP contribution in [0.5, 0.6) is 0 Å². The molecule has 0 saturated carbocycles. The van der Waals surface area contributed by atoms with Crippen LogP contribution in [0.2, 0.25) is 0 Å². The number of rotatable bonds is 4. The molecule has 0 bridgehead atoms. The summed E-state index contributed by atoms with van der Waals surface area (Å²) in [5, 5.41) is 8.57. The van der Waals surface area contributed by atoms with Crippen LogP contribution in [0.4, 0.5) is 0 Å². The Kier molecular flexibility index (Phi) is 7.10. The van der Waals surface area contributed by atoms with E-state index in [0.717, 1.165) is 23.1 Å². The summed E-state index contributed by atoms with van der Waals surface area (Å²) in [6, 6.07) is 7.34. The first kappa shape index (κ1) is 18.2. The standard InChI is InChI=1S/C8H11NO3S.C7H9NO/c1-7-3-4-8(9-5-7)6-12-13(2,10)11;1-6-2-3-7(5-9)8-4-6/h3-5H,6H2,1-2H3;2-4,9H,5H2,1H3. The molecule has 22 heavy (non-hydrogen) atoms. The van der Waals surface area contributed by atoms with Crippen molar-refractivity contribution >= 4 is 10.1 Å². The number of hydrogen-bond acceptors (Lipinski definition) is 6. The molecule has 0 atom stereocenters. The Morgan fingerprint density at radius 1 is 1.00 bits per heavy atom. The van der Waals surface area contributed by atoms with Gasteiger partial charge in [0.2, 0.25) is 0 Å². The van der Waals surface area contributed by atoms with E-state index in [-0.39, 0.29) is 13.2 Å². The van der Waals surface area contributed by atoms with Crippen LogP contribution in [0.3, 0.4) is 0 Å². The lowest BCUT2D eigenvalue weighted by Crippen LogP contribution is -2.03. The number of aryl methyl sites for hydroxylation is 2. The molecule has 0 amide bonds. The minimum absolute atomic E-state index is 0.000880. The summed E-state index contributed by atoms with van der Waals surface area (Å²) in [4.78, 5) is 7.94. The Bertz CT molecular complexity index is 668. The van der Waals surface area contributed by atoms with E-state index in [4.69, 9.17) is 5.11 Å². The fourth-order valence-corrected chi connectivity index (χ4v) is 1.68. The summed E-state index contributed by atoms with van der Waals surface area (Å²) < 4.78 is 25.8. The van der Waals surface area contributed by atoms with Gasteiger partial charge in [0.05, 0.1) is 24.3 Å². The maximum absolute atomic E-state index is 10.6. The van der Waals surface area contributed by atoms with Gasteiger partial charge in [0.15, 0.2) is 0 Å². The molecule has 0 saturated heterocycles. The van der Waals surface area contributed by atoms with E-state index in [1.54, 1.807) is 18.5 Å². The first-order valence-electron chi connectivity index (χ1n) is 6.58. The predicted octanol–water partition coefficient (Wildman–Crippen LogP) is 1.75. The summed E-state index contributed by atoms with van der Waals surface area (Å²) >= 11 is 0. The summed E-state index contributed by atoms with van der Waals surface area (Å²) in [6.07, 6.45) is 4.42. The van der Waals surface area contributed by atoms with Crippen LogP contribution in [-0.2, 0) is 27.5 Å². The summed E-state index contributed by atoms with van der Waals surface area (Å²) in [6.45, 7) is 3.90. The minimum Gasteiger partial charge on any atom is -0.390 e. The fourth-order valence-electron chi connectivity index (χ4n) is 1.34. The fraction of sp³-hybridized carbons (Fsp3) is 0.333. The molecule has 0 unspecified atom stereocenters. The lowest BCUT2D eigenvalue weighted by molar-refractivity contribution is 0.277. The van der Waals surface area contributed by atoms with Crippen LogP contribution in [0.25, 0.3) is 0 Å². The molecule has 2 aromatic heterocycles. The molecule has 120 valence electrons. The zero-order chi connectivity index (χ0) is 16.6. The van der Waals surface area contributed by atoms with Gasteiger partial charge in [0, 0.05) is 12.4 Å². The van der Waals surface area contributed by atoms with Crippen LogP contribution in [0, 0.1) is 13.8 Å². The van der Waals surface area contributed by atoms with Crippen molar-refractivity contribution in [2.45, 2.75) is 27.1 Å². The predicted molar refractivity (Wildman–Crippen MR) is 83.5 cm³/mol. The summed E-state index contributed by atoms with van der Waals surface area (Å²) in [7, 11) is -3.37. The molecular formula is C15H20N2O4S. The van der Waals surface area contributed by atoms with Crippen molar-refractivity contribution in [2.75, 3.05) is 6.26 Å². The average Bonchev–Trinajstić information content (AvgIpc) is 2.47. The second-order valence-corrected chi connectivity index (χ2v) is 6.42. The molecule has 2 aromatic rings. The van der Waals surface area contributed by atoms with Crippen LogP contribution in [-0.4, -0.2) is 29.7 Å². The zero-order valence-corrected chi connectivity index (χ0v) is 13.7. The minimum atomic E-state index is -3.37. The molecule has 1 N–H and O–H groups in total. The van der Waals surface area contributed by atoms with E-state index in [1.807, 2.05) is 32.0 Å². The van der Waals surface area contributed by atoms with Crippen LogP contribution in [0.1, 0.15) is 22.5 Å². The highest BCUT2D eigenvalue weighted by atomic mass is 32.2. The summed E-state index contributed by atoms with van der Waals surface area (Å²) in [5.74, 6) is 0. The van der Waals surface area contributed by atoms with Crippen molar-refractivity contribution in [3.8, 4) is 0 Å². The van der Waals surface area contributed by atoms with Crippen molar-refractivity contribution in [1.29, 1.82) is 0 Å². The number of pyridine rings is 2. The second kappa shape index (κ2) is 8.57. The van der Waals surface area contributed by atoms with Gasteiger partial charge in [-0.2, -0.15) is 8.42 Å². The van der Waals surface area contributed by atoms with Gasteiger partial charge in [0.1, 0.15) is 6.61 Å². The van der Waals surface area contributed by atoms with Gasteiger partial charge in [-0.15, -0.1) is 0 Å². The molecule has 0 aliphatic carbocycles. The topological polar surface area (TPSA) is 89.4 Å². The van der Waals surface area contributed by atoms with E-state index < -0.39 is 10.1 Å². The van der Waals surface area contributed by atoms with E-state index in [9.17, 15) is 8.42 Å². The zero-order valence-electron chi connectivity index (χ0n) is 12.9. The second-order valence-electron chi connectivity index (χ2n) is 4.78. The molecule has 2 heterocycles. The molecule has 2 rings (SSSR count). The molecule has 0 radical (unpaired) electrons. The third-order valence-electron chi connectivity index (χ3n) is 2.53. The number of aliphatic hydroxyl groups is 1. The SMILES string of the molecule is Cc1ccc(CO)nc1.Cc1ccc(COS(C)(=O)=O)nc1. The molecule has 0 spiro atoms. The number of hydrogen-bond donors (Lipinski definition) is 1. The third-order valence-corrected chi connectivity index (χ3v) is 3.07. The number of aromatic nitrogens is 2. The Hall–Kier alpha value is -1.83. The van der Waals surface area contributed by atoms with Gasteiger partial charge < -0.3 is 5.11 Å². The van der Waals surface area contributed by atoms with Crippen molar-refractivity contribution in [3.63, 3.8) is 0 Å². The first-order chi connectivity index (χ1) is 10.3. The molecule has 7 heteroatoms. The van der Waals surface area contributed by atoms with Gasteiger partial charge >= 0.3 is 0 Å². The van der Waals surface area contributed by atoms with Gasteiger partial charge in [-0.1, -0.05) is 12.1 Å². The first-order valence-corrected chi connectivity index (χ1v) is 8.40. The molecule has 0 fully saturated rings. The summed E-state index contributed by atoms with van der Waals surface area (Å²) in [5.41, 5.74) is 3.48. The quantitative estimate of drug-likeness (QED) is 0.862. The number of nitrogens with zero attached hydrogens (tertiary/aromatic N) is 2. The van der Waals surface area contributed by atoms with Gasteiger partial charge in [-0.05, 0) is 37.1 Å². The largest absolute Gasteiger partial charge is 0.390 e. The average molecular weight is 324 g/mol. The highest BCUT2D eigenvalue weighted by Gasteiger charge is 2.02.